The Hall–Kier alpha value is -1.06. The number of aromatic hydroxyl groups is 1. The van der Waals surface area contributed by atoms with Gasteiger partial charge in [0, 0.05) is 0 Å². The van der Waals surface area contributed by atoms with Gasteiger partial charge in [-0.2, -0.15) is 0 Å². The molecule has 0 fully saturated rings. The highest BCUT2D eigenvalue weighted by molar-refractivity contribution is 6.74. The van der Waals surface area contributed by atoms with Gasteiger partial charge >= 0.3 is 0 Å². The lowest BCUT2D eigenvalue weighted by Gasteiger charge is -2.35. The molecule has 2 nitrogen and oxygen atoms in total. The Balaban J connectivity index is 2.49. The standard InChI is InChI=1S/C15H24O2Si/c1-15(2,3)18(4,5)17-12-6-7-13-8-10-14(16)11-9-13/h6-11,16H,12H2,1-5H3/b7-6+. The molecule has 100 valence electrons. The summed E-state index contributed by atoms with van der Waals surface area (Å²) in [5.41, 5.74) is 1.08. The van der Waals surface area contributed by atoms with Gasteiger partial charge in [-0.3, -0.25) is 0 Å². The van der Waals surface area contributed by atoms with Crippen LogP contribution in [0, 0.1) is 0 Å². The van der Waals surface area contributed by atoms with Gasteiger partial charge in [-0.25, -0.2) is 0 Å². The molecule has 18 heavy (non-hydrogen) atoms. The quantitative estimate of drug-likeness (QED) is 0.815. The fourth-order valence-corrected chi connectivity index (χ4v) is 2.19. The first-order valence-electron chi connectivity index (χ1n) is 6.32. The monoisotopic (exact) mass is 264 g/mol. The van der Waals surface area contributed by atoms with Gasteiger partial charge in [0.15, 0.2) is 8.32 Å². The van der Waals surface area contributed by atoms with Gasteiger partial charge in [0.2, 0.25) is 0 Å². The summed E-state index contributed by atoms with van der Waals surface area (Å²) in [5.74, 6) is 0.296. The molecule has 0 saturated carbocycles. The minimum atomic E-state index is -1.64. The minimum Gasteiger partial charge on any atom is -0.508 e. The maximum Gasteiger partial charge on any atom is 0.192 e. The SMILES string of the molecule is CC(C)(C)[Si](C)(C)OC/C=C/c1ccc(O)cc1. The average molecular weight is 264 g/mol. The first kappa shape index (κ1) is 15.0. The minimum absolute atomic E-state index is 0.249. The maximum atomic E-state index is 9.18. The lowest BCUT2D eigenvalue weighted by molar-refractivity contribution is 0.328. The van der Waals surface area contributed by atoms with E-state index in [0.29, 0.717) is 12.4 Å². The molecule has 0 amide bonds. The van der Waals surface area contributed by atoms with Crippen molar-refractivity contribution in [1.29, 1.82) is 0 Å². The Labute approximate surface area is 111 Å². The Morgan fingerprint density at radius 1 is 1.17 bits per heavy atom. The van der Waals surface area contributed by atoms with Gasteiger partial charge in [-0.05, 0) is 35.8 Å². The molecule has 1 N–H and O–H groups in total. The topological polar surface area (TPSA) is 29.5 Å². The van der Waals surface area contributed by atoms with E-state index in [9.17, 15) is 5.11 Å². The maximum absolute atomic E-state index is 9.18. The van der Waals surface area contributed by atoms with Crippen molar-refractivity contribution >= 4 is 14.4 Å². The zero-order chi connectivity index (χ0) is 13.8. The van der Waals surface area contributed by atoms with E-state index in [1.807, 2.05) is 24.3 Å². The Morgan fingerprint density at radius 2 is 1.72 bits per heavy atom. The van der Waals surface area contributed by atoms with Crippen LogP contribution in [0.5, 0.6) is 5.75 Å². The van der Waals surface area contributed by atoms with E-state index in [4.69, 9.17) is 4.43 Å². The van der Waals surface area contributed by atoms with Crippen LogP contribution in [0.25, 0.3) is 6.08 Å². The third-order valence-corrected chi connectivity index (χ3v) is 8.05. The molecule has 0 heterocycles. The molecule has 0 aromatic heterocycles. The van der Waals surface area contributed by atoms with Crippen LogP contribution in [0.3, 0.4) is 0 Å². The third-order valence-electron chi connectivity index (χ3n) is 3.55. The Kier molecular flexibility index (Phi) is 4.76. The fraction of sp³-hybridized carbons (Fsp3) is 0.467. The van der Waals surface area contributed by atoms with Crippen molar-refractivity contribution < 1.29 is 9.53 Å². The molecular formula is C15H24O2Si. The summed E-state index contributed by atoms with van der Waals surface area (Å²) >= 11 is 0. The molecule has 0 atom stereocenters. The molecule has 0 saturated heterocycles. The van der Waals surface area contributed by atoms with Crippen molar-refractivity contribution in [2.45, 2.75) is 38.9 Å². The van der Waals surface area contributed by atoms with Crippen LogP contribution >= 0.6 is 0 Å². The first-order valence-corrected chi connectivity index (χ1v) is 9.23. The van der Waals surface area contributed by atoms with Crippen molar-refractivity contribution in [3.05, 3.63) is 35.9 Å². The molecule has 0 aliphatic rings. The number of phenolic OH excluding ortho intramolecular Hbond substituents is 1. The summed E-state index contributed by atoms with van der Waals surface area (Å²) in [5, 5.41) is 9.43. The molecule has 0 spiro atoms. The highest BCUT2D eigenvalue weighted by atomic mass is 28.4. The third kappa shape index (κ3) is 4.31. The van der Waals surface area contributed by atoms with Gasteiger partial charge in [0.1, 0.15) is 5.75 Å². The predicted molar refractivity (Wildman–Crippen MR) is 80.3 cm³/mol. The summed E-state index contributed by atoms with van der Waals surface area (Å²) in [7, 11) is -1.64. The highest BCUT2D eigenvalue weighted by Gasteiger charge is 2.36. The van der Waals surface area contributed by atoms with E-state index < -0.39 is 8.32 Å². The van der Waals surface area contributed by atoms with Crippen LogP contribution in [0.15, 0.2) is 30.3 Å². The van der Waals surface area contributed by atoms with Crippen LogP contribution < -0.4 is 0 Å². The second kappa shape index (κ2) is 5.72. The molecular weight excluding hydrogens is 240 g/mol. The van der Waals surface area contributed by atoms with Gasteiger partial charge in [-0.1, -0.05) is 45.1 Å². The van der Waals surface area contributed by atoms with Crippen LogP contribution in [0.4, 0.5) is 0 Å². The molecule has 0 aliphatic carbocycles. The van der Waals surface area contributed by atoms with E-state index in [1.54, 1.807) is 12.1 Å². The molecule has 1 aromatic carbocycles. The van der Waals surface area contributed by atoms with E-state index in [0.717, 1.165) is 5.56 Å². The Morgan fingerprint density at radius 3 is 2.22 bits per heavy atom. The summed E-state index contributed by atoms with van der Waals surface area (Å²) in [6.07, 6.45) is 4.06. The van der Waals surface area contributed by atoms with Crippen molar-refractivity contribution in [2.24, 2.45) is 0 Å². The normalized spacial score (nSPS) is 13.2. The summed E-state index contributed by atoms with van der Waals surface area (Å²) in [6, 6.07) is 7.15. The molecule has 0 unspecified atom stereocenters. The highest BCUT2D eigenvalue weighted by Crippen LogP contribution is 2.36. The van der Waals surface area contributed by atoms with E-state index >= 15 is 0 Å². The number of phenols is 1. The number of rotatable bonds is 4. The molecule has 0 radical (unpaired) electrons. The van der Waals surface area contributed by atoms with Crippen molar-refractivity contribution in [3.8, 4) is 5.75 Å². The van der Waals surface area contributed by atoms with Crippen LogP contribution in [0.1, 0.15) is 26.3 Å². The van der Waals surface area contributed by atoms with Gasteiger partial charge < -0.3 is 9.53 Å². The van der Waals surface area contributed by atoms with Crippen LogP contribution in [0.2, 0.25) is 18.1 Å². The first-order chi connectivity index (χ1) is 8.22. The second-order valence-electron chi connectivity index (χ2n) is 6.07. The smallest absolute Gasteiger partial charge is 0.192 e. The zero-order valence-corrected chi connectivity index (χ0v) is 13.0. The number of benzene rings is 1. The largest absolute Gasteiger partial charge is 0.508 e. The second-order valence-corrected chi connectivity index (χ2v) is 10.9. The van der Waals surface area contributed by atoms with Crippen molar-refractivity contribution in [1.82, 2.24) is 0 Å². The summed E-state index contributed by atoms with van der Waals surface area (Å²) < 4.78 is 6.04. The molecule has 1 aromatic rings. The average Bonchev–Trinajstić information content (AvgIpc) is 2.25. The van der Waals surface area contributed by atoms with Crippen LogP contribution in [-0.2, 0) is 4.43 Å². The summed E-state index contributed by atoms with van der Waals surface area (Å²) in [4.78, 5) is 0. The number of hydrogen-bond acceptors (Lipinski definition) is 2. The lowest BCUT2D eigenvalue weighted by atomic mass is 10.2. The molecule has 3 heteroatoms. The summed E-state index contributed by atoms with van der Waals surface area (Å²) in [6.45, 7) is 11.9. The van der Waals surface area contributed by atoms with E-state index in [-0.39, 0.29) is 5.04 Å². The van der Waals surface area contributed by atoms with Gasteiger partial charge in [-0.15, -0.1) is 0 Å². The van der Waals surface area contributed by atoms with Gasteiger partial charge in [0.05, 0.1) is 6.61 Å². The van der Waals surface area contributed by atoms with Crippen molar-refractivity contribution in [3.63, 3.8) is 0 Å². The van der Waals surface area contributed by atoms with E-state index in [2.05, 4.69) is 33.9 Å². The van der Waals surface area contributed by atoms with Crippen molar-refractivity contribution in [2.75, 3.05) is 6.61 Å². The van der Waals surface area contributed by atoms with E-state index in [1.165, 1.54) is 0 Å². The molecule has 0 bridgehead atoms. The zero-order valence-electron chi connectivity index (χ0n) is 12.0. The molecule has 1 rings (SSSR count). The fourth-order valence-electron chi connectivity index (χ4n) is 1.24. The van der Waals surface area contributed by atoms with Gasteiger partial charge in [0.25, 0.3) is 0 Å². The lowest BCUT2D eigenvalue weighted by Crippen LogP contribution is -2.40. The Bertz CT molecular complexity index is 399. The number of hydrogen-bond donors (Lipinski definition) is 1. The molecule has 0 aliphatic heterocycles. The van der Waals surface area contributed by atoms with Crippen LogP contribution in [-0.4, -0.2) is 20.0 Å². The predicted octanol–water partition coefficient (Wildman–Crippen LogP) is 4.43.